The first kappa shape index (κ1) is 23.3. The summed E-state index contributed by atoms with van der Waals surface area (Å²) in [5.41, 5.74) is -4.70. The Bertz CT molecular complexity index is 1520. The van der Waals surface area contributed by atoms with Crippen molar-refractivity contribution in [1.29, 1.82) is 0 Å². The van der Waals surface area contributed by atoms with Gasteiger partial charge in [0, 0.05) is 5.56 Å². The molecule has 0 aliphatic carbocycles. The van der Waals surface area contributed by atoms with Gasteiger partial charge in [0.1, 0.15) is 21.2 Å². The van der Waals surface area contributed by atoms with Crippen LogP contribution in [0, 0.1) is 0 Å². The standard InChI is InChI=1S/C23H10Cl2O11/c24-13-15(26)8(20(30)31)4-11-17(13)35-18-12(5-9(21(32)33)16(27)14(18)25)23(11)10-3-6(19(28)29)1-2-7(10)22(34)36-23/h1-5,26-27H,(H,28,29)(H,30,31)(H,32,33). The van der Waals surface area contributed by atoms with E-state index < -0.39 is 73.6 Å². The van der Waals surface area contributed by atoms with Crippen LogP contribution in [0.25, 0.3) is 0 Å². The average Bonchev–Trinajstić information content (AvgIpc) is 3.11. The molecule has 0 saturated heterocycles. The number of aromatic hydroxyl groups is 2. The van der Waals surface area contributed by atoms with Crippen LogP contribution in [0.2, 0.25) is 10.0 Å². The van der Waals surface area contributed by atoms with Gasteiger partial charge < -0.3 is 35.0 Å². The minimum absolute atomic E-state index is 0.116. The van der Waals surface area contributed by atoms with Gasteiger partial charge in [-0.25, -0.2) is 19.2 Å². The molecule has 0 unspecified atom stereocenters. The highest BCUT2D eigenvalue weighted by Gasteiger charge is 2.56. The zero-order valence-electron chi connectivity index (χ0n) is 17.3. The largest absolute Gasteiger partial charge is 0.505 e. The van der Waals surface area contributed by atoms with Gasteiger partial charge in [-0.15, -0.1) is 0 Å². The van der Waals surface area contributed by atoms with Crippen molar-refractivity contribution in [3.8, 4) is 23.0 Å². The summed E-state index contributed by atoms with van der Waals surface area (Å²) in [6.45, 7) is 0. The van der Waals surface area contributed by atoms with Crippen molar-refractivity contribution in [2.45, 2.75) is 5.60 Å². The molecule has 2 aliphatic heterocycles. The molecule has 0 bridgehead atoms. The lowest BCUT2D eigenvalue weighted by Crippen LogP contribution is -2.34. The molecular formula is C23H10Cl2O11. The number of carbonyl (C=O) groups is 4. The number of aromatic carboxylic acids is 3. The van der Waals surface area contributed by atoms with E-state index in [9.17, 15) is 44.7 Å². The molecule has 11 nitrogen and oxygen atoms in total. The minimum atomic E-state index is -2.22. The Morgan fingerprint density at radius 3 is 1.69 bits per heavy atom. The molecule has 2 aliphatic rings. The van der Waals surface area contributed by atoms with E-state index in [-0.39, 0.29) is 27.8 Å². The summed E-state index contributed by atoms with van der Waals surface area (Å²) in [6, 6.07) is 5.20. The Morgan fingerprint density at radius 2 is 1.25 bits per heavy atom. The van der Waals surface area contributed by atoms with Crippen molar-refractivity contribution >= 4 is 47.1 Å². The monoisotopic (exact) mass is 532 g/mol. The second kappa shape index (κ2) is 7.51. The van der Waals surface area contributed by atoms with Crippen molar-refractivity contribution < 1.29 is 54.2 Å². The van der Waals surface area contributed by atoms with E-state index in [1.165, 1.54) is 6.07 Å². The second-order valence-corrected chi connectivity index (χ2v) is 8.53. The van der Waals surface area contributed by atoms with E-state index >= 15 is 0 Å². The van der Waals surface area contributed by atoms with Crippen LogP contribution in [0.1, 0.15) is 58.1 Å². The van der Waals surface area contributed by atoms with Gasteiger partial charge in [0.2, 0.25) is 0 Å². The predicted octanol–water partition coefficient (Wildman–Crippen LogP) is 4.07. The highest BCUT2D eigenvalue weighted by atomic mass is 35.5. The summed E-state index contributed by atoms with van der Waals surface area (Å²) in [4.78, 5) is 48.3. The molecule has 1 spiro atoms. The van der Waals surface area contributed by atoms with Gasteiger partial charge in [-0.3, -0.25) is 0 Å². The first-order valence-electron chi connectivity index (χ1n) is 9.77. The zero-order valence-corrected chi connectivity index (χ0v) is 18.8. The quantitative estimate of drug-likeness (QED) is 0.305. The van der Waals surface area contributed by atoms with Gasteiger partial charge in [-0.1, -0.05) is 23.2 Å². The number of phenols is 2. The Kier molecular flexibility index (Phi) is 4.85. The fraction of sp³-hybridized carbons (Fsp3) is 0.0435. The van der Waals surface area contributed by atoms with Crippen molar-refractivity contribution in [3.63, 3.8) is 0 Å². The lowest BCUT2D eigenvalue weighted by atomic mass is 9.76. The lowest BCUT2D eigenvalue weighted by molar-refractivity contribution is 0.0224. The lowest BCUT2D eigenvalue weighted by Gasteiger charge is -2.37. The highest BCUT2D eigenvalue weighted by Crippen LogP contribution is 2.61. The summed E-state index contributed by atoms with van der Waals surface area (Å²) >= 11 is 12.5. The molecular weight excluding hydrogens is 523 g/mol. The Labute approximate surface area is 209 Å². The molecule has 0 atom stereocenters. The van der Waals surface area contributed by atoms with Crippen LogP contribution >= 0.6 is 23.2 Å². The van der Waals surface area contributed by atoms with Crippen LogP contribution in [0.15, 0.2) is 30.3 Å². The number of esters is 1. The number of carboxylic acid groups (broad SMARTS) is 3. The van der Waals surface area contributed by atoms with Crippen LogP contribution < -0.4 is 4.74 Å². The van der Waals surface area contributed by atoms with Gasteiger partial charge in [-0.2, -0.15) is 0 Å². The maximum atomic E-state index is 13.0. The highest BCUT2D eigenvalue weighted by molar-refractivity contribution is 6.35. The molecule has 5 rings (SSSR count). The van der Waals surface area contributed by atoms with Crippen LogP contribution in [-0.2, 0) is 10.3 Å². The molecule has 182 valence electrons. The first-order valence-corrected chi connectivity index (χ1v) is 10.5. The SMILES string of the molecule is O=C(O)c1ccc2c(c1)C1(OC2=O)c2cc(C(=O)O)c(O)c(Cl)c2Oc2c1cc(C(=O)O)c(O)c2Cl. The molecule has 0 saturated carbocycles. The zero-order chi connectivity index (χ0) is 26.3. The number of carboxylic acids is 3. The summed E-state index contributed by atoms with van der Waals surface area (Å²) in [5.74, 6) is -8.20. The Morgan fingerprint density at radius 1 is 0.750 bits per heavy atom. The maximum absolute atomic E-state index is 13.0. The number of fused-ring (bicyclic) bond motifs is 6. The first-order chi connectivity index (χ1) is 16.9. The van der Waals surface area contributed by atoms with Crippen LogP contribution in [0.5, 0.6) is 23.0 Å². The van der Waals surface area contributed by atoms with Gasteiger partial charge in [-0.05, 0) is 30.3 Å². The van der Waals surface area contributed by atoms with Crippen molar-refractivity contribution in [2.24, 2.45) is 0 Å². The second-order valence-electron chi connectivity index (χ2n) is 7.78. The number of benzene rings is 3. The molecule has 5 N–H and O–H groups in total. The van der Waals surface area contributed by atoms with Gasteiger partial charge >= 0.3 is 23.9 Å². The molecule has 13 heteroatoms. The Hall–Kier alpha value is -4.48. The Balaban J connectivity index is 2.01. The van der Waals surface area contributed by atoms with E-state index in [4.69, 9.17) is 32.7 Å². The number of halogens is 2. The molecule has 0 aromatic heterocycles. The molecule has 2 heterocycles. The average molecular weight is 533 g/mol. The number of carbonyl (C=O) groups excluding carboxylic acids is 1. The fourth-order valence-corrected chi connectivity index (χ4v) is 4.82. The van der Waals surface area contributed by atoms with Crippen LogP contribution in [-0.4, -0.2) is 49.4 Å². The maximum Gasteiger partial charge on any atom is 0.340 e. The molecule has 0 amide bonds. The third-order valence-corrected chi connectivity index (χ3v) is 6.63. The molecule has 3 aromatic carbocycles. The summed E-state index contributed by atoms with van der Waals surface area (Å²) in [5, 5.41) is 48.2. The molecule has 0 radical (unpaired) electrons. The number of hydrogen-bond donors (Lipinski definition) is 5. The van der Waals surface area contributed by atoms with Crippen LogP contribution in [0.3, 0.4) is 0 Å². The van der Waals surface area contributed by atoms with Gasteiger partial charge in [0.05, 0.1) is 22.3 Å². The third-order valence-electron chi connectivity index (χ3n) is 5.93. The van der Waals surface area contributed by atoms with Crippen molar-refractivity contribution in [1.82, 2.24) is 0 Å². The summed E-state index contributed by atoms with van der Waals surface area (Å²) < 4.78 is 11.4. The molecule has 36 heavy (non-hydrogen) atoms. The van der Waals surface area contributed by atoms with Crippen LogP contribution in [0.4, 0.5) is 0 Å². The van der Waals surface area contributed by atoms with E-state index in [0.29, 0.717) is 0 Å². The smallest absolute Gasteiger partial charge is 0.340 e. The normalized spacial score (nSPS) is 14.3. The predicted molar refractivity (Wildman–Crippen MR) is 119 cm³/mol. The summed E-state index contributed by atoms with van der Waals surface area (Å²) in [7, 11) is 0. The van der Waals surface area contributed by atoms with E-state index in [1.807, 2.05) is 0 Å². The molecule has 0 fully saturated rings. The number of ether oxygens (including phenoxy) is 2. The van der Waals surface area contributed by atoms with E-state index in [0.717, 1.165) is 24.3 Å². The van der Waals surface area contributed by atoms with Gasteiger partial charge in [0.15, 0.2) is 28.6 Å². The van der Waals surface area contributed by atoms with Crippen molar-refractivity contribution in [2.75, 3.05) is 0 Å². The topological polar surface area (TPSA) is 188 Å². The minimum Gasteiger partial charge on any atom is -0.505 e. The fourth-order valence-electron chi connectivity index (χ4n) is 4.34. The third kappa shape index (κ3) is 2.87. The number of rotatable bonds is 3. The number of hydrogen-bond acceptors (Lipinski definition) is 8. The van der Waals surface area contributed by atoms with Crippen molar-refractivity contribution in [3.05, 3.63) is 79.3 Å². The van der Waals surface area contributed by atoms with E-state index in [2.05, 4.69) is 0 Å². The van der Waals surface area contributed by atoms with E-state index in [1.54, 1.807) is 0 Å². The molecule has 3 aromatic rings. The van der Waals surface area contributed by atoms with Gasteiger partial charge in [0.25, 0.3) is 0 Å². The summed E-state index contributed by atoms with van der Waals surface area (Å²) in [6.07, 6.45) is 0.